The predicted molar refractivity (Wildman–Crippen MR) is 154 cm³/mol. The van der Waals surface area contributed by atoms with Gasteiger partial charge in [-0.1, -0.05) is 49.4 Å². The van der Waals surface area contributed by atoms with Crippen molar-refractivity contribution in [3.05, 3.63) is 113 Å². The van der Waals surface area contributed by atoms with Gasteiger partial charge >= 0.3 is 0 Å². The van der Waals surface area contributed by atoms with Crippen molar-refractivity contribution in [2.45, 2.75) is 26.9 Å². The first kappa shape index (κ1) is 25.2. The maximum Gasteiger partial charge on any atom is 0.257 e. The van der Waals surface area contributed by atoms with Crippen LogP contribution in [0.3, 0.4) is 0 Å². The summed E-state index contributed by atoms with van der Waals surface area (Å²) in [4.78, 5) is 17.4. The van der Waals surface area contributed by atoms with E-state index >= 15 is 0 Å². The Morgan fingerprint density at radius 3 is 2.50 bits per heavy atom. The zero-order valence-corrected chi connectivity index (χ0v) is 22.0. The molecule has 0 bridgehead atoms. The number of thiocarbonyl (C=S) groups is 1. The lowest BCUT2D eigenvalue weighted by Crippen LogP contribution is -2.34. The minimum Gasteiger partial charge on any atom is -0.489 e. The average molecular weight is 522 g/mol. The van der Waals surface area contributed by atoms with Gasteiger partial charge in [0.2, 0.25) is 5.89 Å². The molecule has 0 saturated carbocycles. The third kappa shape index (κ3) is 5.90. The highest BCUT2D eigenvalue weighted by atomic mass is 32.1. The van der Waals surface area contributed by atoms with Crippen LogP contribution in [0, 0.1) is 6.92 Å². The summed E-state index contributed by atoms with van der Waals surface area (Å²) in [5.41, 5.74) is 6.87. The van der Waals surface area contributed by atoms with Crippen molar-refractivity contribution < 1.29 is 13.9 Å². The van der Waals surface area contributed by atoms with Gasteiger partial charge in [-0.3, -0.25) is 10.1 Å². The summed E-state index contributed by atoms with van der Waals surface area (Å²) in [7, 11) is 0. The molecular weight excluding hydrogens is 494 g/mol. The summed E-state index contributed by atoms with van der Waals surface area (Å²) in [5.74, 6) is 0.904. The Labute approximate surface area is 226 Å². The van der Waals surface area contributed by atoms with E-state index in [2.05, 4.69) is 22.5 Å². The number of rotatable bonds is 7. The van der Waals surface area contributed by atoms with Crippen LogP contribution in [0.25, 0.3) is 22.6 Å². The van der Waals surface area contributed by atoms with E-state index in [4.69, 9.17) is 21.4 Å². The molecule has 0 atom stereocenters. The van der Waals surface area contributed by atoms with Crippen molar-refractivity contribution >= 4 is 40.0 Å². The number of hydrogen-bond donors (Lipinski definition) is 2. The zero-order chi connectivity index (χ0) is 26.5. The molecule has 7 heteroatoms. The molecule has 0 radical (unpaired) electrons. The zero-order valence-electron chi connectivity index (χ0n) is 21.2. The van der Waals surface area contributed by atoms with E-state index in [0.29, 0.717) is 23.8 Å². The minimum absolute atomic E-state index is 0.199. The minimum atomic E-state index is -0.309. The van der Waals surface area contributed by atoms with Gasteiger partial charge in [0, 0.05) is 16.8 Å². The van der Waals surface area contributed by atoms with Crippen molar-refractivity contribution in [1.82, 2.24) is 10.3 Å². The second-order valence-electron chi connectivity index (χ2n) is 8.91. The van der Waals surface area contributed by atoms with Gasteiger partial charge in [0.05, 0.1) is 0 Å². The third-order valence-corrected chi connectivity index (χ3v) is 6.39. The van der Waals surface area contributed by atoms with Crippen LogP contribution in [0.4, 0.5) is 5.69 Å². The van der Waals surface area contributed by atoms with Gasteiger partial charge in [0.25, 0.3) is 5.91 Å². The number of oxazole rings is 1. The van der Waals surface area contributed by atoms with Gasteiger partial charge < -0.3 is 14.5 Å². The highest BCUT2D eigenvalue weighted by Crippen LogP contribution is 2.28. The second kappa shape index (κ2) is 11.3. The molecule has 4 aromatic carbocycles. The molecule has 190 valence electrons. The van der Waals surface area contributed by atoms with Crippen LogP contribution in [-0.4, -0.2) is 16.0 Å². The Bertz CT molecular complexity index is 1590. The fourth-order valence-electron chi connectivity index (χ4n) is 3.98. The van der Waals surface area contributed by atoms with E-state index in [0.717, 1.165) is 39.9 Å². The van der Waals surface area contributed by atoms with E-state index in [-0.39, 0.29) is 11.0 Å². The number of aromatic nitrogens is 1. The number of carbonyl (C=O) groups is 1. The fourth-order valence-corrected chi connectivity index (χ4v) is 4.18. The summed E-state index contributed by atoms with van der Waals surface area (Å²) in [6.07, 6.45) is 0.937. The fraction of sp³-hybridized carbons (Fsp3) is 0.129. The average Bonchev–Trinajstić information content (AvgIpc) is 3.37. The molecule has 6 nitrogen and oxygen atoms in total. The molecule has 0 fully saturated rings. The van der Waals surface area contributed by atoms with Gasteiger partial charge in [-0.2, -0.15) is 0 Å². The third-order valence-electron chi connectivity index (χ3n) is 6.18. The molecule has 0 aliphatic carbocycles. The van der Waals surface area contributed by atoms with Crippen LogP contribution < -0.4 is 15.4 Å². The number of fused-ring (bicyclic) bond motifs is 1. The number of aryl methyl sites for hydroxylation is 2. The van der Waals surface area contributed by atoms with Crippen molar-refractivity contribution in [3.8, 4) is 17.2 Å². The van der Waals surface area contributed by atoms with E-state index in [1.54, 1.807) is 24.3 Å². The van der Waals surface area contributed by atoms with Crippen LogP contribution in [0.1, 0.15) is 34.0 Å². The second-order valence-corrected chi connectivity index (χ2v) is 9.32. The molecule has 1 aromatic heterocycles. The number of benzene rings is 4. The Morgan fingerprint density at radius 2 is 1.74 bits per heavy atom. The Morgan fingerprint density at radius 1 is 0.947 bits per heavy atom. The van der Waals surface area contributed by atoms with Gasteiger partial charge in [-0.05, 0) is 90.8 Å². The molecular formula is C31H27N3O3S. The lowest BCUT2D eigenvalue weighted by Gasteiger charge is -2.13. The standard InChI is InChI=1S/C31H27N3O3S/c1-3-21-10-16-28-27(17-21)32-30(37-28)24-11-9-20(2)26(18-24)33-31(38)34-29(35)23-12-14-25(15-13-23)36-19-22-7-5-4-6-8-22/h4-18H,3,19H2,1-2H3,(H2,33,34,35,38). The van der Waals surface area contributed by atoms with Gasteiger partial charge in [0.1, 0.15) is 17.9 Å². The predicted octanol–water partition coefficient (Wildman–Crippen LogP) is 7.07. The van der Waals surface area contributed by atoms with Gasteiger partial charge in [-0.15, -0.1) is 0 Å². The van der Waals surface area contributed by atoms with E-state index in [9.17, 15) is 4.79 Å². The summed E-state index contributed by atoms with van der Waals surface area (Å²) in [6.45, 7) is 4.53. The van der Waals surface area contributed by atoms with E-state index in [1.807, 2.05) is 73.7 Å². The molecule has 5 rings (SSSR count). The molecule has 38 heavy (non-hydrogen) atoms. The van der Waals surface area contributed by atoms with E-state index in [1.165, 1.54) is 5.56 Å². The molecule has 0 saturated heterocycles. The SMILES string of the molecule is CCc1ccc2oc(-c3ccc(C)c(NC(=S)NC(=O)c4ccc(OCc5ccccc5)cc4)c3)nc2c1. The lowest BCUT2D eigenvalue weighted by atomic mass is 10.1. The molecule has 0 spiro atoms. The summed E-state index contributed by atoms with van der Waals surface area (Å²) >= 11 is 5.43. The largest absolute Gasteiger partial charge is 0.489 e. The molecule has 5 aromatic rings. The first-order chi connectivity index (χ1) is 18.5. The summed E-state index contributed by atoms with van der Waals surface area (Å²) in [5, 5.41) is 6.07. The molecule has 1 heterocycles. The number of amides is 1. The number of ether oxygens (including phenoxy) is 1. The Balaban J connectivity index is 1.22. The molecule has 0 aliphatic heterocycles. The topological polar surface area (TPSA) is 76.4 Å². The Hall–Kier alpha value is -4.49. The van der Waals surface area contributed by atoms with Crippen molar-refractivity contribution in [1.29, 1.82) is 0 Å². The number of nitrogens with zero attached hydrogens (tertiary/aromatic N) is 1. The van der Waals surface area contributed by atoms with Crippen LogP contribution in [0.5, 0.6) is 5.75 Å². The van der Waals surface area contributed by atoms with E-state index < -0.39 is 0 Å². The quantitative estimate of drug-likeness (QED) is 0.223. The number of anilines is 1. The van der Waals surface area contributed by atoms with Gasteiger partial charge in [0.15, 0.2) is 10.7 Å². The smallest absolute Gasteiger partial charge is 0.257 e. The number of carbonyl (C=O) groups excluding carboxylic acids is 1. The van der Waals surface area contributed by atoms with Crippen molar-refractivity contribution in [2.75, 3.05) is 5.32 Å². The van der Waals surface area contributed by atoms with Crippen LogP contribution in [0.2, 0.25) is 0 Å². The first-order valence-electron chi connectivity index (χ1n) is 12.4. The maximum atomic E-state index is 12.8. The molecule has 1 amide bonds. The molecule has 2 N–H and O–H groups in total. The highest BCUT2D eigenvalue weighted by Gasteiger charge is 2.13. The maximum absolute atomic E-state index is 12.8. The van der Waals surface area contributed by atoms with Crippen molar-refractivity contribution in [3.63, 3.8) is 0 Å². The first-order valence-corrected chi connectivity index (χ1v) is 12.8. The van der Waals surface area contributed by atoms with Crippen LogP contribution >= 0.6 is 12.2 Å². The number of hydrogen-bond acceptors (Lipinski definition) is 5. The molecule has 0 unspecified atom stereocenters. The summed E-state index contributed by atoms with van der Waals surface area (Å²) < 4.78 is 11.8. The number of nitrogens with one attached hydrogen (secondary N) is 2. The van der Waals surface area contributed by atoms with Crippen LogP contribution in [0.15, 0.2) is 95.4 Å². The molecule has 0 aliphatic rings. The van der Waals surface area contributed by atoms with Crippen molar-refractivity contribution in [2.24, 2.45) is 0 Å². The summed E-state index contributed by atoms with van der Waals surface area (Å²) in [6, 6.07) is 28.7. The normalized spacial score (nSPS) is 10.8. The lowest BCUT2D eigenvalue weighted by molar-refractivity contribution is 0.0977. The van der Waals surface area contributed by atoms with Crippen LogP contribution in [-0.2, 0) is 13.0 Å². The van der Waals surface area contributed by atoms with Gasteiger partial charge in [-0.25, -0.2) is 4.98 Å². The Kier molecular flexibility index (Phi) is 7.47. The highest BCUT2D eigenvalue weighted by molar-refractivity contribution is 7.80. The monoisotopic (exact) mass is 521 g/mol.